The summed E-state index contributed by atoms with van der Waals surface area (Å²) in [6.07, 6.45) is 3.83. The van der Waals surface area contributed by atoms with E-state index in [1.165, 1.54) is 12.5 Å². The predicted octanol–water partition coefficient (Wildman–Crippen LogP) is 2.45. The van der Waals surface area contributed by atoms with E-state index in [2.05, 4.69) is 0 Å². The van der Waals surface area contributed by atoms with Gasteiger partial charge >= 0.3 is 0 Å². The van der Waals surface area contributed by atoms with Crippen molar-refractivity contribution >= 4 is 5.78 Å². The van der Waals surface area contributed by atoms with E-state index in [1.54, 1.807) is 12.1 Å². The first-order valence-electron chi connectivity index (χ1n) is 5.18. The molecule has 0 saturated heterocycles. The summed E-state index contributed by atoms with van der Waals surface area (Å²) < 4.78 is 10.4. The number of ketones is 1. The minimum Gasteiger partial charge on any atom is -0.492 e. The second-order valence-corrected chi connectivity index (χ2v) is 3.73. The minimum atomic E-state index is -0.0486. The van der Waals surface area contributed by atoms with Gasteiger partial charge in [-0.15, -0.1) is 0 Å². The van der Waals surface area contributed by atoms with Crippen molar-refractivity contribution in [3.8, 4) is 5.75 Å². The lowest BCUT2D eigenvalue weighted by Crippen LogP contribution is -2.02. The monoisotopic (exact) mass is 214 g/mol. The van der Waals surface area contributed by atoms with Gasteiger partial charge in [-0.05, 0) is 17.7 Å². The van der Waals surface area contributed by atoms with Crippen LogP contribution in [0.15, 0.2) is 41.2 Å². The molecule has 0 unspecified atom stereocenters. The van der Waals surface area contributed by atoms with Gasteiger partial charge in [0, 0.05) is 6.42 Å². The van der Waals surface area contributed by atoms with Crippen LogP contribution in [0, 0.1) is 0 Å². The number of hydrogen-bond donors (Lipinski definition) is 0. The first kappa shape index (κ1) is 9.21. The van der Waals surface area contributed by atoms with Gasteiger partial charge in [-0.1, -0.05) is 12.1 Å². The van der Waals surface area contributed by atoms with Crippen molar-refractivity contribution in [2.75, 3.05) is 6.61 Å². The van der Waals surface area contributed by atoms with Crippen molar-refractivity contribution in [1.29, 1.82) is 0 Å². The van der Waals surface area contributed by atoms with E-state index in [9.17, 15) is 4.79 Å². The summed E-state index contributed by atoms with van der Waals surface area (Å²) in [7, 11) is 0. The molecule has 0 saturated carbocycles. The molecule has 1 aromatic heterocycles. The molecule has 3 rings (SSSR count). The Balaban J connectivity index is 2.08. The largest absolute Gasteiger partial charge is 0.492 e. The standard InChI is InChI=1S/C13H10O3/c14-12(10-4-6-15-8-10)11-3-1-2-9-5-7-16-13(9)11/h1-4,6,8H,5,7H2. The Kier molecular flexibility index (Phi) is 2.03. The maximum atomic E-state index is 12.1. The zero-order valence-electron chi connectivity index (χ0n) is 8.60. The molecule has 0 aliphatic carbocycles. The van der Waals surface area contributed by atoms with Gasteiger partial charge in [-0.3, -0.25) is 4.79 Å². The fourth-order valence-corrected chi connectivity index (χ4v) is 1.94. The Morgan fingerprint density at radius 2 is 2.19 bits per heavy atom. The molecule has 1 aliphatic heterocycles. The Morgan fingerprint density at radius 3 is 3.00 bits per heavy atom. The highest BCUT2D eigenvalue weighted by Gasteiger charge is 2.21. The molecule has 3 heteroatoms. The number of fused-ring (bicyclic) bond motifs is 1. The normalized spacial score (nSPS) is 13.2. The molecule has 0 amide bonds. The molecule has 2 aromatic rings. The third kappa shape index (κ3) is 1.33. The van der Waals surface area contributed by atoms with E-state index in [0.717, 1.165) is 17.7 Å². The van der Waals surface area contributed by atoms with Crippen molar-refractivity contribution in [2.24, 2.45) is 0 Å². The number of benzene rings is 1. The average Bonchev–Trinajstić information content (AvgIpc) is 2.98. The number of carbonyl (C=O) groups is 1. The fraction of sp³-hybridized carbons (Fsp3) is 0.154. The van der Waals surface area contributed by atoms with Gasteiger partial charge in [0.05, 0.1) is 24.0 Å². The lowest BCUT2D eigenvalue weighted by molar-refractivity contribution is 0.103. The van der Waals surface area contributed by atoms with Crippen LogP contribution in [0.4, 0.5) is 0 Å². The Bertz CT molecular complexity index is 526. The zero-order chi connectivity index (χ0) is 11.0. The summed E-state index contributed by atoms with van der Waals surface area (Å²) in [4.78, 5) is 12.1. The van der Waals surface area contributed by atoms with Crippen LogP contribution in [0.2, 0.25) is 0 Å². The Hall–Kier alpha value is -2.03. The maximum absolute atomic E-state index is 12.1. The molecular formula is C13H10O3. The smallest absolute Gasteiger partial charge is 0.199 e. The van der Waals surface area contributed by atoms with E-state index in [0.29, 0.717) is 17.7 Å². The van der Waals surface area contributed by atoms with Crippen LogP contribution in [0.3, 0.4) is 0 Å². The number of ether oxygens (including phenoxy) is 1. The van der Waals surface area contributed by atoms with Gasteiger partial charge < -0.3 is 9.15 Å². The molecule has 1 aliphatic rings. The summed E-state index contributed by atoms with van der Waals surface area (Å²) in [6.45, 7) is 0.658. The van der Waals surface area contributed by atoms with E-state index in [4.69, 9.17) is 9.15 Å². The van der Waals surface area contributed by atoms with E-state index < -0.39 is 0 Å². The van der Waals surface area contributed by atoms with Gasteiger partial charge in [0.1, 0.15) is 12.0 Å². The molecule has 1 aromatic carbocycles. The summed E-state index contributed by atoms with van der Waals surface area (Å²) in [6, 6.07) is 7.34. The van der Waals surface area contributed by atoms with E-state index in [1.807, 2.05) is 12.1 Å². The molecular weight excluding hydrogens is 204 g/mol. The Labute approximate surface area is 92.6 Å². The van der Waals surface area contributed by atoms with Crippen LogP contribution in [0.25, 0.3) is 0 Å². The summed E-state index contributed by atoms with van der Waals surface area (Å²) in [5, 5.41) is 0. The second-order valence-electron chi connectivity index (χ2n) is 3.73. The van der Waals surface area contributed by atoms with Crippen LogP contribution in [0.1, 0.15) is 21.5 Å². The van der Waals surface area contributed by atoms with Gasteiger partial charge in [0.2, 0.25) is 0 Å². The van der Waals surface area contributed by atoms with E-state index in [-0.39, 0.29) is 5.78 Å². The second kappa shape index (κ2) is 3.52. The van der Waals surface area contributed by atoms with Gasteiger partial charge in [0.15, 0.2) is 5.78 Å². The van der Waals surface area contributed by atoms with Crippen molar-refractivity contribution in [3.63, 3.8) is 0 Å². The van der Waals surface area contributed by atoms with E-state index >= 15 is 0 Å². The summed E-state index contributed by atoms with van der Waals surface area (Å²) in [5.41, 5.74) is 2.29. The average molecular weight is 214 g/mol. The van der Waals surface area contributed by atoms with Gasteiger partial charge in [-0.25, -0.2) is 0 Å². The quantitative estimate of drug-likeness (QED) is 0.721. The first-order chi connectivity index (χ1) is 7.86. The molecule has 0 bridgehead atoms. The molecule has 3 nitrogen and oxygen atoms in total. The first-order valence-corrected chi connectivity index (χ1v) is 5.18. The predicted molar refractivity (Wildman–Crippen MR) is 57.8 cm³/mol. The number of carbonyl (C=O) groups excluding carboxylic acids is 1. The van der Waals surface area contributed by atoms with Crippen LogP contribution in [0.5, 0.6) is 5.75 Å². The minimum absolute atomic E-state index is 0.0486. The highest BCUT2D eigenvalue weighted by molar-refractivity contribution is 6.10. The summed E-state index contributed by atoms with van der Waals surface area (Å²) >= 11 is 0. The number of furan rings is 1. The number of hydrogen-bond acceptors (Lipinski definition) is 3. The lowest BCUT2D eigenvalue weighted by Gasteiger charge is -2.05. The number of rotatable bonds is 2. The maximum Gasteiger partial charge on any atom is 0.199 e. The molecule has 0 fully saturated rings. The molecule has 0 N–H and O–H groups in total. The Morgan fingerprint density at radius 1 is 1.25 bits per heavy atom. The molecule has 2 heterocycles. The zero-order valence-corrected chi connectivity index (χ0v) is 8.60. The van der Waals surface area contributed by atoms with Gasteiger partial charge in [-0.2, -0.15) is 0 Å². The topological polar surface area (TPSA) is 39.4 Å². The fourth-order valence-electron chi connectivity index (χ4n) is 1.94. The molecule has 0 spiro atoms. The molecule has 80 valence electrons. The van der Waals surface area contributed by atoms with Gasteiger partial charge in [0.25, 0.3) is 0 Å². The van der Waals surface area contributed by atoms with Crippen LogP contribution < -0.4 is 4.74 Å². The van der Waals surface area contributed by atoms with Crippen molar-refractivity contribution in [1.82, 2.24) is 0 Å². The SMILES string of the molecule is O=C(c1ccoc1)c1cccc2c1OCC2. The molecule has 16 heavy (non-hydrogen) atoms. The lowest BCUT2D eigenvalue weighted by atomic mass is 10.0. The number of para-hydroxylation sites is 1. The van der Waals surface area contributed by atoms with Crippen molar-refractivity contribution in [2.45, 2.75) is 6.42 Å². The van der Waals surface area contributed by atoms with Crippen LogP contribution in [-0.4, -0.2) is 12.4 Å². The highest BCUT2D eigenvalue weighted by atomic mass is 16.5. The summed E-state index contributed by atoms with van der Waals surface area (Å²) in [5.74, 6) is 0.682. The third-order valence-electron chi connectivity index (χ3n) is 2.74. The van der Waals surface area contributed by atoms with Crippen LogP contribution >= 0.6 is 0 Å². The molecule has 0 radical (unpaired) electrons. The van der Waals surface area contributed by atoms with Crippen molar-refractivity contribution < 1.29 is 13.9 Å². The molecule has 0 atom stereocenters. The highest BCUT2D eigenvalue weighted by Crippen LogP contribution is 2.30. The third-order valence-corrected chi connectivity index (χ3v) is 2.74. The van der Waals surface area contributed by atoms with Crippen LogP contribution in [-0.2, 0) is 6.42 Å². The van der Waals surface area contributed by atoms with Crippen molar-refractivity contribution in [3.05, 3.63) is 53.5 Å².